The highest BCUT2D eigenvalue weighted by Crippen LogP contribution is 2.46. The molecule has 0 atom stereocenters. The molecule has 1 fully saturated rings. The van der Waals surface area contributed by atoms with E-state index in [1.807, 2.05) is 0 Å². The van der Waals surface area contributed by atoms with E-state index in [0.29, 0.717) is 6.54 Å². The Morgan fingerprint density at radius 1 is 1.42 bits per heavy atom. The number of hydrogen-bond acceptors (Lipinski definition) is 2. The van der Waals surface area contributed by atoms with Crippen LogP contribution in [0.3, 0.4) is 0 Å². The molecule has 0 radical (unpaired) electrons. The monoisotopic (exact) mass is 256 g/mol. The van der Waals surface area contributed by atoms with Crippen molar-refractivity contribution >= 4 is 5.91 Å². The van der Waals surface area contributed by atoms with Crippen LogP contribution in [0.4, 0.5) is 0 Å². The fourth-order valence-electron chi connectivity index (χ4n) is 2.32. The highest BCUT2D eigenvalue weighted by molar-refractivity contribution is 5.88. The van der Waals surface area contributed by atoms with Crippen molar-refractivity contribution in [3.05, 3.63) is 34.9 Å². The van der Waals surface area contributed by atoms with Gasteiger partial charge in [-0.15, -0.1) is 0 Å². The zero-order valence-electron chi connectivity index (χ0n) is 11.9. The number of nitrogens with zero attached hydrogens (tertiary/aromatic N) is 2. The van der Waals surface area contributed by atoms with Gasteiger partial charge in [0.15, 0.2) is 0 Å². The summed E-state index contributed by atoms with van der Waals surface area (Å²) in [5, 5.41) is 9.04. The Bertz CT molecular complexity index is 538. The second kappa shape index (κ2) is 5.05. The van der Waals surface area contributed by atoms with Crippen LogP contribution < -0.4 is 0 Å². The van der Waals surface area contributed by atoms with E-state index in [1.165, 1.54) is 16.7 Å². The van der Waals surface area contributed by atoms with Crippen LogP contribution in [-0.2, 0) is 11.2 Å². The maximum absolute atomic E-state index is 12.1. The molecule has 2 rings (SSSR count). The number of aryl methyl sites for hydroxylation is 2. The van der Waals surface area contributed by atoms with E-state index < -0.39 is 5.41 Å². The van der Waals surface area contributed by atoms with Crippen LogP contribution in [0.25, 0.3) is 0 Å². The van der Waals surface area contributed by atoms with E-state index in [0.717, 1.165) is 19.3 Å². The quantitative estimate of drug-likeness (QED) is 0.831. The van der Waals surface area contributed by atoms with E-state index in [9.17, 15) is 4.79 Å². The van der Waals surface area contributed by atoms with Gasteiger partial charge in [-0.05, 0) is 44.2 Å². The number of nitriles is 1. The molecule has 0 spiro atoms. The second-order valence-corrected chi connectivity index (χ2v) is 5.60. The average molecular weight is 256 g/mol. The van der Waals surface area contributed by atoms with Crippen molar-refractivity contribution in [1.29, 1.82) is 5.26 Å². The number of hydrogen-bond donors (Lipinski definition) is 0. The summed E-state index contributed by atoms with van der Waals surface area (Å²) >= 11 is 0. The van der Waals surface area contributed by atoms with Crippen molar-refractivity contribution in [2.45, 2.75) is 33.1 Å². The average Bonchev–Trinajstić information content (AvgIpc) is 3.19. The Balaban J connectivity index is 1.97. The van der Waals surface area contributed by atoms with E-state index in [4.69, 9.17) is 5.26 Å². The molecular formula is C16H20N2O. The highest BCUT2D eigenvalue weighted by atomic mass is 16.2. The zero-order chi connectivity index (χ0) is 14.0. The van der Waals surface area contributed by atoms with E-state index in [1.54, 1.807) is 11.9 Å². The molecule has 0 bridgehead atoms. The number of benzene rings is 1. The maximum atomic E-state index is 12.1. The Hall–Kier alpha value is -1.82. The first kappa shape index (κ1) is 13.6. The molecule has 1 saturated carbocycles. The first-order chi connectivity index (χ1) is 8.98. The number of amides is 1. The summed E-state index contributed by atoms with van der Waals surface area (Å²) in [6, 6.07) is 8.55. The normalized spacial score (nSPS) is 15.7. The first-order valence-electron chi connectivity index (χ1n) is 6.71. The predicted molar refractivity (Wildman–Crippen MR) is 74.5 cm³/mol. The summed E-state index contributed by atoms with van der Waals surface area (Å²) in [4.78, 5) is 13.8. The number of likely N-dealkylation sites (N-methyl/N-ethyl adjacent to an activating group) is 1. The van der Waals surface area contributed by atoms with Crippen molar-refractivity contribution in [2.24, 2.45) is 5.41 Å². The van der Waals surface area contributed by atoms with E-state index in [-0.39, 0.29) is 5.91 Å². The smallest absolute Gasteiger partial charge is 0.242 e. The summed E-state index contributed by atoms with van der Waals surface area (Å²) in [5.41, 5.74) is 3.08. The van der Waals surface area contributed by atoms with Gasteiger partial charge in [0.1, 0.15) is 5.41 Å². The van der Waals surface area contributed by atoms with Gasteiger partial charge < -0.3 is 4.90 Å². The molecule has 0 aliphatic heterocycles. The molecule has 0 N–H and O–H groups in total. The van der Waals surface area contributed by atoms with Crippen molar-refractivity contribution in [2.75, 3.05) is 13.6 Å². The Morgan fingerprint density at radius 2 is 2.11 bits per heavy atom. The number of carbonyl (C=O) groups excluding carboxylic acids is 1. The van der Waals surface area contributed by atoms with Crippen molar-refractivity contribution in [3.8, 4) is 6.07 Å². The minimum absolute atomic E-state index is 0.0136. The second-order valence-electron chi connectivity index (χ2n) is 5.60. The molecule has 1 aliphatic carbocycles. The van der Waals surface area contributed by atoms with Gasteiger partial charge in [-0.3, -0.25) is 4.79 Å². The van der Waals surface area contributed by atoms with Crippen LogP contribution in [0.2, 0.25) is 0 Å². The van der Waals surface area contributed by atoms with Crippen molar-refractivity contribution < 1.29 is 4.79 Å². The predicted octanol–water partition coefficient (Wildman–Crippen LogP) is 2.61. The van der Waals surface area contributed by atoms with E-state index in [2.05, 4.69) is 38.1 Å². The summed E-state index contributed by atoms with van der Waals surface area (Å²) in [6.45, 7) is 4.84. The molecule has 100 valence electrons. The molecule has 0 saturated heterocycles. The molecule has 0 aromatic heterocycles. The van der Waals surface area contributed by atoms with Crippen LogP contribution in [0, 0.1) is 30.6 Å². The summed E-state index contributed by atoms with van der Waals surface area (Å²) in [5.74, 6) is -0.0136. The van der Waals surface area contributed by atoms with Gasteiger partial charge >= 0.3 is 0 Å². The van der Waals surface area contributed by atoms with Crippen LogP contribution in [-0.4, -0.2) is 24.4 Å². The van der Waals surface area contributed by atoms with Crippen LogP contribution >= 0.6 is 0 Å². The minimum atomic E-state index is -0.698. The fraction of sp³-hybridized carbons (Fsp3) is 0.500. The third-order valence-electron chi connectivity index (χ3n) is 3.94. The van der Waals surface area contributed by atoms with Gasteiger partial charge in [0.05, 0.1) is 6.07 Å². The Labute approximate surface area is 114 Å². The number of carbonyl (C=O) groups is 1. The molecule has 3 nitrogen and oxygen atoms in total. The van der Waals surface area contributed by atoms with Crippen molar-refractivity contribution in [3.63, 3.8) is 0 Å². The fourth-order valence-corrected chi connectivity index (χ4v) is 2.32. The van der Waals surface area contributed by atoms with Gasteiger partial charge in [0.25, 0.3) is 0 Å². The molecule has 3 heteroatoms. The summed E-state index contributed by atoms with van der Waals surface area (Å²) in [6.07, 6.45) is 2.28. The molecule has 0 heterocycles. The standard InChI is InChI=1S/C16H20N2O/c1-12-4-5-13(2)14(10-12)6-9-18(3)15(19)16(11-17)7-8-16/h4-5,10H,6-9H2,1-3H3. The SMILES string of the molecule is Cc1ccc(C)c(CCN(C)C(=O)C2(C#N)CC2)c1. The summed E-state index contributed by atoms with van der Waals surface area (Å²) in [7, 11) is 1.80. The molecule has 19 heavy (non-hydrogen) atoms. The highest BCUT2D eigenvalue weighted by Gasteiger charge is 2.51. The van der Waals surface area contributed by atoms with Gasteiger partial charge in [0, 0.05) is 13.6 Å². The van der Waals surface area contributed by atoms with Crippen molar-refractivity contribution in [1.82, 2.24) is 4.90 Å². The lowest BCUT2D eigenvalue weighted by molar-refractivity contribution is -0.133. The molecule has 1 aliphatic rings. The van der Waals surface area contributed by atoms with Gasteiger partial charge in [0.2, 0.25) is 5.91 Å². The van der Waals surface area contributed by atoms with Gasteiger partial charge in [-0.25, -0.2) is 0 Å². The van der Waals surface area contributed by atoms with Crippen LogP contribution in [0.1, 0.15) is 29.5 Å². The third-order valence-corrected chi connectivity index (χ3v) is 3.94. The lowest BCUT2D eigenvalue weighted by Crippen LogP contribution is -2.35. The Morgan fingerprint density at radius 3 is 2.68 bits per heavy atom. The molecular weight excluding hydrogens is 236 g/mol. The number of rotatable bonds is 4. The van der Waals surface area contributed by atoms with Crippen LogP contribution in [0.15, 0.2) is 18.2 Å². The zero-order valence-corrected chi connectivity index (χ0v) is 11.9. The van der Waals surface area contributed by atoms with Crippen LogP contribution in [0.5, 0.6) is 0 Å². The maximum Gasteiger partial charge on any atom is 0.242 e. The third kappa shape index (κ3) is 2.78. The summed E-state index contributed by atoms with van der Waals surface area (Å²) < 4.78 is 0. The minimum Gasteiger partial charge on any atom is -0.344 e. The molecule has 1 aromatic rings. The molecule has 0 unspecified atom stereocenters. The first-order valence-corrected chi connectivity index (χ1v) is 6.71. The molecule has 1 amide bonds. The Kier molecular flexibility index (Phi) is 3.61. The van der Waals surface area contributed by atoms with Gasteiger partial charge in [-0.2, -0.15) is 5.26 Å². The largest absolute Gasteiger partial charge is 0.344 e. The van der Waals surface area contributed by atoms with E-state index >= 15 is 0 Å². The van der Waals surface area contributed by atoms with Gasteiger partial charge in [-0.1, -0.05) is 23.8 Å². The lowest BCUT2D eigenvalue weighted by atomic mass is 10.0. The lowest BCUT2D eigenvalue weighted by Gasteiger charge is -2.20. The topological polar surface area (TPSA) is 44.1 Å². The molecule has 1 aromatic carbocycles.